The fourth-order valence-corrected chi connectivity index (χ4v) is 3.96. The van der Waals surface area contributed by atoms with Crippen LogP contribution >= 0.6 is 11.6 Å². The van der Waals surface area contributed by atoms with Gasteiger partial charge in [0.2, 0.25) is 10.0 Å². The highest BCUT2D eigenvalue weighted by molar-refractivity contribution is 7.89. The average Bonchev–Trinajstić information content (AvgIpc) is 2.39. The smallest absolute Gasteiger partial charge is 0.244 e. The second-order valence-electron chi connectivity index (χ2n) is 4.96. The van der Waals surface area contributed by atoms with Crippen LogP contribution in [0.2, 0.25) is 5.02 Å². The van der Waals surface area contributed by atoms with Crippen LogP contribution in [0.1, 0.15) is 19.3 Å². The Labute approximate surface area is 124 Å². The lowest BCUT2D eigenvalue weighted by atomic mass is 10.1. The Bertz CT molecular complexity index is 571. The molecule has 1 fully saturated rings. The van der Waals surface area contributed by atoms with Gasteiger partial charge in [-0.05, 0) is 37.5 Å². The summed E-state index contributed by atoms with van der Waals surface area (Å²) in [5.41, 5.74) is 6.02. The van der Waals surface area contributed by atoms with Crippen molar-refractivity contribution < 1.29 is 13.2 Å². The first-order valence-electron chi connectivity index (χ1n) is 6.54. The fourth-order valence-electron chi connectivity index (χ4n) is 2.23. The Hall–Kier alpha value is -0.820. The summed E-state index contributed by atoms with van der Waals surface area (Å²) in [5, 5.41) is 0.140. The number of ether oxygens (including phenoxy) is 1. The van der Waals surface area contributed by atoms with Crippen molar-refractivity contribution in [1.29, 1.82) is 0 Å². The highest BCUT2D eigenvalue weighted by Gasteiger charge is 2.27. The van der Waals surface area contributed by atoms with E-state index in [1.54, 1.807) is 7.05 Å². The molecule has 2 N–H and O–H groups in total. The molecule has 2 rings (SSSR count). The van der Waals surface area contributed by atoms with Crippen molar-refractivity contribution in [2.24, 2.45) is 0 Å². The van der Waals surface area contributed by atoms with Crippen LogP contribution in [0, 0.1) is 0 Å². The van der Waals surface area contributed by atoms with E-state index in [1.165, 1.54) is 22.5 Å². The quantitative estimate of drug-likeness (QED) is 0.863. The van der Waals surface area contributed by atoms with Crippen LogP contribution in [0.25, 0.3) is 0 Å². The van der Waals surface area contributed by atoms with E-state index >= 15 is 0 Å². The van der Waals surface area contributed by atoms with Crippen molar-refractivity contribution in [3.05, 3.63) is 23.2 Å². The summed E-state index contributed by atoms with van der Waals surface area (Å²) in [7, 11) is -2.08. The molecule has 20 heavy (non-hydrogen) atoms. The Morgan fingerprint density at radius 1 is 1.45 bits per heavy atom. The number of rotatable bonds is 4. The van der Waals surface area contributed by atoms with E-state index in [4.69, 9.17) is 22.1 Å². The third-order valence-electron chi connectivity index (χ3n) is 3.38. The molecule has 0 aliphatic carbocycles. The molecule has 5 nitrogen and oxygen atoms in total. The van der Waals surface area contributed by atoms with Gasteiger partial charge in [-0.1, -0.05) is 11.6 Å². The van der Waals surface area contributed by atoms with Crippen molar-refractivity contribution in [3.8, 4) is 0 Å². The normalized spacial score (nSPS) is 20.2. The molecule has 0 bridgehead atoms. The van der Waals surface area contributed by atoms with Crippen LogP contribution in [0.3, 0.4) is 0 Å². The zero-order valence-electron chi connectivity index (χ0n) is 11.4. The van der Waals surface area contributed by atoms with E-state index in [2.05, 4.69) is 0 Å². The Kier molecular flexibility index (Phi) is 4.90. The van der Waals surface area contributed by atoms with Crippen molar-refractivity contribution in [2.45, 2.75) is 30.3 Å². The maximum atomic E-state index is 12.5. The van der Waals surface area contributed by atoms with Crippen LogP contribution in [0.5, 0.6) is 0 Å². The molecule has 0 amide bonds. The number of nitrogen functional groups attached to an aromatic ring is 1. The summed E-state index contributed by atoms with van der Waals surface area (Å²) in [6, 6.07) is 4.41. The number of nitrogens with zero attached hydrogens (tertiary/aromatic N) is 1. The number of likely N-dealkylation sites (N-methyl/N-ethyl adjacent to an activating group) is 1. The van der Waals surface area contributed by atoms with E-state index in [-0.39, 0.29) is 16.0 Å². The molecular formula is C13H19ClN2O3S. The zero-order chi connectivity index (χ0) is 14.8. The van der Waals surface area contributed by atoms with E-state index in [1.807, 2.05) is 0 Å². The molecule has 7 heteroatoms. The summed E-state index contributed by atoms with van der Waals surface area (Å²) in [5.74, 6) is 0. The molecule has 0 saturated carbocycles. The number of anilines is 1. The molecule has 0 radical (unpaired) electrons. The van der Waals surface area contributed by atoms with Crippen LogP contribution in [0.15, 0.2) is 23.1 Å². The molecular weight excluding hydrogens is 300 g/mol. The van der Waals surface area contributed by atoms with Gasteiger partial charge in [0.05, 0.1) is 11.1 Å². The average molecular weight is 319 g/mol. The highest BCUT2D eigenvalue weighted by atomic mass is 35.5. The number of sulfonamides is 1. The molecule has 1 unspecified atom stereocenters. The summed E-state index contributed by atoms with van der Waals surface area (Å²) in [4.78, 5) is 0.0756. The molecule has 112 valence electrons. The van der Waals surface area contributed by atoms with Crippen LogP contribution in [-0.2, 0) is 14.8 Å². The van der Waals surface area contributed by atoms with Gasteiger partial charge >= 0.3 is 0 Å². The monoisotopic (exact) mass is 318 g/mol. The number of halogens is 1. The third-order valence-corrected chi connectivity index (χ3v) is 5.69. The Morgan fingerprint density at radius 2 is 2.20 bits per heavy atom. The first-order chi connectivity index (χ1) is 9.41. The van der Waals surface area contributed by atoms with Crippen LogP contribution < -0.4 is 5.73 Å². The number of hydrogen-bond acceptors (Lipinski definition) is 4. The number of nitrogens with two attached hydrogens (primary N) is 1. The minimum atomic E-state index is -3.62. The summed E-state index contributed by atoms with van der Waals surface area (Å²) >= 11 is 5.98. The van der Waals surface area contributed by atoms with E-state index in [0.717, 1.165) is 19.3 Å². The predicted molar refractivity (Wildman–Crippen MR) is 79.3 cm³/mol. The second-order valence-corrected chi connectivity index (χ2v) is 7.38. The largest absolute Gasteiger partial charge is 0.399 e. The van der Waals surface area contributed by atoms with Gasteiger partial charge in [0.15, 0.2) is 0 Å². The predicted octanol–water partition coefficient (Wildman–Crippen LogP) is 2.11. The van der Waals surface area contributed by atoms with Crippen molar-refractivity contribution in [1.82, 2.24) is 4.31 Å². The molecule has 1 aliphatic rings. The van der Waals surface area contributed by atoms with Gasteiger partial charge in [-0.15, -0.1) is 0 Å². The van der Waals surface area contributed by atoms with Gasteiger partial charge in [-0.2, -0.15) is 4.31 Å². The topological polar surface area (TPSA) is 72.6 Å². The Morgan fingerprint density at radius 3 is 2.80 bits per heavy atom. The van der Waals surface area contributed by atoms with Gasteiger partial charge in [0.25, 0.3) is 0 Å². The maximum absolute atomic E-state index is 12.5. The van der Waals surface area contributed by atoms with E-state index in [9.17, 15) is 8.42 Å². The molecule has 1 aliphatic heterocycles. The first kappa shape index (κ1) is 15.6. The van der Waals surface area contributed by atoms with Crippen molar-refractivity contribution >= 4 is 27.3 Å². The SMILES string of the molecule is CN(CC1CCCCO1)S(=O)(=O)c1ccc(N)cc1Cl. The summed E-state index contributed by atoms with van der Waals surface area (Å²) in [6.07, 6.45) is 2.95. The number of benzene rings is 1. The summed E-state index contributed by atoms with van der Waals surface area (Å²) in [6.45, 7) is 1.03. The zero-order valence-corrected chi connectivity index (χ0v) is 13.0. The molecule has 1 aromatic carbocycles. The standard InChI is InChI=1S/C13H19ClN2O3S/c1-16(9-11-4-2-3-7-19-11)20(17,18)13-6-5-10(15)8-12(13)14/h5-6,8,11H,2-4,7,9,15H2,1H3. The van der Waals surface area contributed by atoms with Crippen LogP contribution in [0.4, 0.5) is 5.69 Å². The highest BCUT2D eigenvalue weighted by Crippen LogP contribution is 2.26. The second kappa shape index (κ2) is 6.30. The molecule has 1 atom stereocenters. The van der Waals surface area contributed by atoms with E-state index < -0.39 is 10.0 Å². The minimum absolute atomic E-state index is 0.0453. The van der Waals surface area contributed by atoms with Crippen molar-refractivity contribution in [3.63, 3.8) is 0 Å². The lowest BCUT2D eigenvalue weighted by Gasteiger charge is -2.27. The van der Waals surface area contributed by atoms with Gasteiger partial charge < -0.3 is 10.5 Å². The molecule has 1 aromatic rings. The minimum Gasteiger partial charge on any atom is -0.399 e. The third kappa shape index (κ3) is 3.44. The van der Waals surface area contributed by atoms with Crippen LogP contribution in [-0.4, -0.2) is 39.0 Å². The lowest BCUT2D eigenvalue weighted by molar-refractivity contribution is 0.00858. The van der Waals surface area contributed by atoms with Crippen molar-refractivity contribution in [2.75, 3.05) is 25.9 Å². The lowest BCUT2D eigenvalue weighted by Crippen LogP contribution is -2.37. The maximum Gasteiger partial charge on any atom is 0.244 e. The first-order valence-corrected chi connectivity index (χ1v) is 8.36. The number of hydrogen-bond donors (Lipinski definition) is 1. The fraction of sp³-hybridized carbons (Fsp3) is 0.538. The molecule has 0 spiro atoms. The van der Waals surface area contributed by atoms with Gasteiger partial charge in [0.1, 0.15) is 4.90 Å². The van der Waals surface area contributed by atoms with E-state index in [0.29, 0.717) is 18.8 Å². The molecule has 1 heterocycles. The van der Waals surface area contributed by atoms with Gasteiger partial charge in [-0.25, -0.2) is 8.42 Å². The summed E-state index contributed by atoms with van der Waals surface area (Å²) < 4.78 is 31.8. The Balaban J connectivity index is 2.16. The van der Waals surface area contributed by atoms with Gasteiger partial charge in [0, 0.05) is 25.9 Å². The molecule has 0 aromatic heterocycles. The van der Waals surface area contributed by atoms with Gasteiger partial charge in [-0.3, -0.25) is 0 Å². The molecule has 1 saturated heterocycles.